The summed E-state index contributed by atoms with van der Waals surface area (Å²) >= 11 is 0. The Morgan fingerprint density at radius 2 is 1.92 bits per heavy atom. The van der Waals surface area contributed by atoms with Crippen LogP contribution in [0.1, 0.15) is 47.0 Å². The number of likely N-dealkylation sites (tertiary alicyclic amines) is 1. The van der Waals surface area contributed by atoms with Gasteiger partial charge >= 0.3 is 0 Å². The van der Waals surface area contributed by atoms with Gasteiger partial charge in [0.1, 0.15) is 0 Å². The molecular formula is C12H25N. The van der Waals surface area contributed by atoms with E-state index < -0.39 is 0 Å². The first-order valence-corrected chi connectivity index (χ1v) is 5.58. The molecule has 1 nitrogen and oxygen atoms in total. The maximum absolute atomic E-state index is 4.12. The fourth-order valence-corrected chi connectivity index (χ4v) is 1.81. The van der Waals surface area contributed by atoms with Crippen LogP contribution in [-0.4, -0.2) is 18.0 Å². The first-order chi connectivity index (χ1) is 6.16. The molecule has 1 aliphatic heterocycles. The zero-order chi connectivity index (χ0) is 10.4. The summed E-state index contributed by atoms with van der Waals surface area (Å²) in [4.78, 5) is 2.33. The minimum Gasteiger partial charge on any atom is -0.375 e. The lowest BCUT2D eigenvalue weighted by molar-refractivity contribution is 0.209. The van der Waals surface area contributed by atoms with Gasteiger partial charge in [-0.3, -0.25) is 0 Å². The van der Waals surface area contributed by atoms with E-state index in [9.17, 15) is 0 Å². The quantitative estimate of drug-likeness (QED) is 0.599. The molecule has 0 aliphatic carbocycles. The Morgan fingerprint density at radius 1 is 1.38 bits per heavy atom. The van der Waals surface area contributed by atoms with Gasteiger partial charge in [0.2, 0.25) is 0 Å². The Morgan fingerprint density at radius 3 is 2.38 bits per heavy atom. The molecule has 0 aromatic heterocycles. The van der Waals surface area contributed by atoms with Gasteiger partial charge in [-0.05, 0) is 32.1 Å². The molecule has 1 rings (SSSR count). The van der Waals surface area contributed by atoms with Crippen molar-refractivity contribution in [3.05, 3.63) is 12.3 Å². The summed E-state index contributed by atoms with van der Waals surface area (Å²) in [6.45, 7) is 12.6. The highest BCUT2D eigenvalue weighted by atomic mass is 15.1. The second kappa shape index (κ2) is 6.06. The van der Waals surface area contributed by atoms with Crippen LogP contribution < -0.4 is 0 Å². The van der Waals surface area contributed by atoms with Gasteiger partial charge in [-0.15, -0.1) is 0 Å². The lowest BCUT2D eigenvalue weighted by Crippen LogP contribution is -2.36. The van der Waals surface area contributed by atoms with E-state index in [1.165, 1.54) is 25.0 Å². The molecule has 78 valence electrons. The van der Waals surface area contributed by atoms with Crippen molar-refractivity contribution in [2.24, 2.45) is 5.92 Å². The Labute approximate surface area is 83.8 Å². The van der Waals surface area contributed by atoms with Crippen molar-refractivity contribution in [3.8, 4) is 0 Å². The molecule has 0 aromatic rings. The molecule has 0 aromatic carbocycles. The van der Waals surface area contributed by atoms with Crippen molar-refractivity contribution >= 4 is 0 Å². The second-order valence-electron chi connectivity index (χ2n) is 3.63. The maximum Gasteiger partial charge on any atom is 0.0255 e. The second-order valence-corrected chi connectivity index (χ2v) is 3.63. The highest BCUT2D eigenvalue weighted by Crippen LogP contribution is 2.30. The van der Waals surface area contributed by atoms with Gasteiger partial charge < -0.3 is 4.90 Å². The summed E-state index contributed by atoms with van der Waals surface area (Å²) in [5.74, 6) is 0.746. The van der Waals surface area contributed by atoms with Crippen LogP contribution in [0.3, 0.4) is 0 Å². The molecule has 1 saturated heterocycles. The van der Waals surface area contributed by atoms with Gasteiger partial charge in [0.15, 0.2) is 0 Å². The Kier molecular flexibility index (Phi) is 5.85. The summed E-state index contributed by atoms with van der Waals surface area (Å²) in [6, 6.07) is 0.699. The number of nitrogens with zero attached hydrogens (tertiary/aromatic N) is 1. The molecule has 13 heavy (non-hydrogen) atoms. The third kappa shape index (κ3) is 3.06. The molecule has 0 amide bonds. The molecule has 0 radical (unpaired) electrons. The van der Waals surface area contributed by atoms with E-state index in [2.05, 4.69) is 32.4 Å². The van der Waals surface area contributed by atoms with Crippen LogP contribution in [0.4, 0.5) is 0 Å². The molecule has 2 atom stereocenters. The Bertz CT molecular complexity index is 147. The van der Waals surface area contributed by atoms with E-state index in [4.69, 9.17) is 0 Å². The highest BCUT2D eigenvalue weighted by molar-refractivity contribution is 5.03. The van der Waals surface area contributed by atoms with Gasteiger partial charge in [-0.25, -0.2) is 0 Å². The molecule has 1 fully saturated rings. The molecule has 1 heterocycles. The van der Waals surface area contributed by atoms with Crippen LogP contribution in [-0.2, 0) is 0 Å². The average Bonchev–Trinajstić information content (AvgIpc) is 2.18. The molecule has 0 bridgehead atoms. The van der Waals surface area contributed by atoms with Crippen LogP contribution in [0, 0.1) is 5.92 Å². The summed E-state index contributed by atoms with van der Waals surface area (Å²) < 4.78 is 0. The normalized spacial score (nSPS) is 28.1. The minimum atomic E-state index is 0.699. The van der Waals surface area contributed by atoms with E-state index in [-0.39, 0.29) is 0 Å². The van der Waals surface area contributed by atoms with E-state index in [1.807, 2.05) is 13.8 Å². The van der Waals surface area contributed by atoms with Crippen molar-refractivity contribution < 1.29 is 0 Å². The lowest BCUT2D eigenvalue weighted by atomic mass is 9.89. The van der Waals surface area contributed by atoms with Gasteiger partial charge in [0.25, 0.3) is 0 Å². The Hall–Kier alpha value is -0.460. The predicted molar refractivity (Wildman–Crippen MR) is 60.7 cm³/mol. The minimum absolute atomic E-state index is 0.699. The zero-order valence-corrected chi connectivity index (χ0v) is 9.93. The largest absolute Gasteiger partial charge is 0.375 e. The summed E-state index contributed by atoms with van der Waals surface area (Å²) in [6.07, 6.45) is 3.91. The third-order valence-corrected chi connectivity index (χ3v) is 3.01. The smallest absolute Gasteiger partial charge is 0.0255 e. The number of rotatable bonds is 1. The number of hydrogen-bond acceptors (Lipinski definition) is 1. The number of hydrogen-bond donors (Lipinski definition) is 0. The molecule has 2 unspecified atom stereocenters. The SMILES string of the molecule is C=C1C(CC)CCC(C)N1C.CC. The summed E-state index contributed by atoms with van der Waals surface area (Å²) in [5.41, 5.74) is 1.34. The van der Waals surface area contributed by atoms with Gasteiger partial charge in [-0.1, -0.05) is 27.4 Å². The molecule has 0 spiro atoms. The van der Waals surface area contributed by atoms with Gasteiger partial charge in [0.05, 0.1) is 0 Å². The van der Waals surface area contributed by atoms with Gasteiger partial charge in [0, 0.05) is 18.8 Å². The van der Waals surface area contributed by atoms with E-state index in [1.54, 1.807) is 0 Å². The zero-order valence-electron chi connectivity index (χ0n) is 9.93. The van der Waals surface area contributed by atoms with Crippen molar-refractivity contribution in [1.82, 2.24) is 4.90 Å². The lowest BCUT2D eigenvalue weighted by Gasteiger charge is -2.38. The van der Waals surface area contributed by atoms with Crippen molar-refractivity contribution in [2.45, 2.75) is 53.0 Å². The van der Waals surface area contributed by atoms with Crippen LogP contribution in [0.25, 0.3) is 0 Å². The van der Waals surface area contributed by atoms with Crippen LogP contribution >= 0.6 is 0 Å². The first kappa shape index (κ1) is 12.5. The van der Waals surface area contributed by atoms with E-state index >= 15 is 0 Å². The standard InChI is InChI=1S/C10H19N.C2H6/c1-5-10-7-6-8(2)11(4)9(10)3;1-2/h8,10H,3,5-7H2,1-2,4H3;1-2H3. The fourth-order valence-electron chi connectivity index (χ4n) is 1.81. The Balaban J connectivity index is 0.000000671. The van der Waals surface area contributed by atoms with Gasteiger partial charge in [-0.2, -0.15) is 0 Å². The van der Waals surface area contributed by atoms with E-state index in [0.29, 0.717) is 6.04 Å². The topological polar surface area (TPSA) is 3.24 Å². The molecule has 1 heteroatoms. The first-order valence-electron chi connectivity index (χ1n) is 5.58. The van der Waals surface area contributed by atoms with Crippen molar-refractivity contribution in [1.29, 1.82) is 0 Å². The van der Waals surface area contributed by atoms with Crippen molar-refractivity contribution in [3.63, 3.8) is 0 Å². The van der Waals surface area contributed by atoms with Crippen molar-refractivity contribution in [2.75, 3.05) is 7.05 Å². The third-order valence-electron chi connectivity index (χ3n) is 3.01. The average molecular weight is 183 g/mol. The summed E-state index contributed by atoms with van der Waals surface area (Å²) in [7, 11) is 2.16. The van der Waals surface area contributed by atoms with E-state index in [0.717, 1.165) is 5.92 Å². The highest BCUT2D eigenvalue weighted by Gasteiger charge is 2.23. The molecule has 0 N–H and O–H groups in total. The fraction of sp³-hybridized carbons (Fsp3) is 0.833. The monoisotopic (exact) mass is 183 g/mol. The molecular weight excluding hydrogens is 158 g/mol. The molecule has 0 saturated carbocycles. The maximum atomic E-state index is 4.12. The molecule has 1 aliphatic rings. The number of piperidine rings is 1. The summed E-state index contributed by atoms with van der Waals surface area (Å²) in [5, 5.41) is 0. The van der Waals surface area contributed by atoms with Crippen LogP contribution in [0.15, 0.2) is 12.3 Å². The van der Waals surface area contributed by atoms with Crippen LogP contribution in [0.2, 0.25) is 0 Å². The van der Waals surface area contributed by atoms with Crippen LogP contribution in [0.5, 0.6) is 0 Å². The predicted octanol–water partition coefficient (Wildman–Crippen LogP) is 3.67. The number of allylic oxidation sites excluding steroid dienone is 1.